The fourth-order valence-electron chi connectivity index (χ4n) is 2.03. The van der Waals surface area contributed by atoms with Crippen molar-refractivity contribution >= 4 is 102 Å². The number of thiocarbonyl (C=S) groups is 2. The minimum Gasteiger partial charge on any atom is -0.412 e. The van der Waals surface area contributed by atoms with E-state index in [0.717, 1.165) is 10.0 Å². The molecule has 0 bridgehead atoms. The quantitative estimate of drug-likeness (QED) is 0.0914. The molecule has 0 aliphatic carbocycles. The average molecular weight is 908 g/mol. The van der Waals surface area contributed by atoms with Crippen LogP contribution in [0.4, 0.5) is 11.4 Å². The van der Waals surface area contributed by atoms with Gasteiger partial charge in [0.15, 0.2) is 10.2 Å². The van der Waals surface area contributed by atoms with E-state index in [9.17, 15) is 14.4 Å². The first-order valence-corrected chi connectivity index (χ1v) is 12.0. The van der Waals surface area contributed by atoms with Crippen molar-refractivity contribution in [1.29, 1.82) is 0 Å². The number of nitrogens with one attached hydrogen (secondary N) is 4. The Hall–Kier alpha value is -1.78. The molecule has 2 aromatic carbocycles. The Morgan fingerprint density at radius 1 is 0.868 bits per heavy atom. The van der Waals surface area contributed by atoms with Crippen molar-refractivity contribution in [3.05, 3.63) is 56.5 Å². The molecule has 1 radical (unpaired) electrons. The third kappa shape index (κ3) is 19.3. The van der Waals surface area contributed by atoms with E-state index < -0.39 is 5.91 Å². The number of anilines is 2. The fourth-order valence-corrected chi connectivity index (χ4v) is 3.06. The van der Waals surface area contributed by atoms with E-state index in [-0.39, 0.29) is 71.6 Å². The Labute approximate surface area is 282 Å². The number of carbonyl (C=O) groups is 3. The summed E-state index contributed by atoms with van der Waals surface area (Å²) in [6, 6.07) is 10.1. The van der Waals surface area contributed by atoms with Crippen molar-refractivity contribution in [2.75, 3.05) is 10.6 Å². The molecule has 0 spiro atoms. The Morgan fingerprint density at radius 3 is 1.66 bits per heavy atom. The van der Waals surface area contributed by atoms with Crippen molar-refractivity contribution in [2.45, 2.75) is 13.8 Å². The van der Waals surface area contributed by atoms with Crippen molar-refractivity contribution in [1.82, 2.24) is 10.9 Å². The van der Waals surface area contributed by atoms with Crippen LogP contribution in [0.15, 0.2) is 50.4 Å². The van der Waals surface area contributed by atoms with Crippen molar-refractivity contribution in [2.24, 2.45) is 28.1 Å². The molecule has 0 aliphatic rings. The number of hydrogen-bond acceptors (Lipinski definition) is 7. The third-order valence-corrected chi connectivity index (χ3v) is 4.92. The monoisotopic (exact) mass is 906 g/mol. The third-order valence-electron chi connectivity index (χ3n) is 3.40. The predicted molar refractivity (Wildman–Crippen MR) is 161 cm³/mol. The van der Waals surface area contributed by atoms with Crippen LogP contribution in [0.5, 0.6) is 0 Å². The summed E-state index contributed by atoms with van der Waals surface area (Å²) in [5.41, 5.74) is 22.1. The zero-order chi connectivity index (χ0) is 27.8. The molecule has 14 N–H and O–H groups in total. The van der Waals surface area contributed by atoms with Crippen LogP contribution in [0.2, 0.25) is 0 Å². The second-order valence-corrected chi connectivity index (χ2v) is 8.99. The molecule has 0 unspecified atom stereocenters. The molecule has 13 nitrogen and oxygen atoms in total. The molecule has 0 atom stereocenters. The Kier molecular flexibility index (Phi) is 23.7. The van der Waals surface area contributed by atoms with Gasteiger partial charge in [-0.05, 0) is 92.2 Å². The summed E-state index contributed by atoms with van der Waals surface area (Å²) >= 11 is 15.4. The summed E-state index contributed by atoms with van der Waals surface area (Å²) in [7, 11) is 0. The Morgan fingerprint density at radius 2 is 1.32 bits per heavy atom. The van der Waals surface area contributed by atoms with E-state index in [1.165, 1.54) is 13.8 Å². The molecule has 0 fully saturated rings. The molecule has 3 amide bonds. The number of nitrogens with zero attached hydrogens (tertiary/aromatic N) is 1. The minimum atomic E-state index is -0.500. The Bertz CT molecular complexity index is 1160. The average Bonchev–Trinajstić information content (AvgIpc) is 2.77. The Balaban J connectivity index is -0.000000530. The van der Waals surface area contributed by atoms with Gasteiger partial charge in [0, 0.05) is 72.4 Å². The van der Waals surface area contributed by atoms with Crippen molar-refractivity contribution < 1.29 is 63.9 Å². The number of hydrazone groups is 1. The van der Waals surface area contributed by atoms with E-state index >= 15 is 0 Å². The van der Waals surface area contributed by atoms with Crippen molar-refractivity contribution in [3.63, 3.8) is 0 Å². The predicted octanol–water partition coefficient (Wildman–Crippen LogP) is 0.950. The van der Waals surface area contributed by atoms with Gasteiger partial charge >= 0.3 is 0 Å². The molecule has 0 saturated heterocycles. The first-order valence-electron chi connectivity index (χ1n) is 9.55. The van der Waals surface area contributed by atoms with Gasteiger partial charge in [-0.1, -0.05) is 6.07 Å². The minimum absolute atomic E-state index is 0. The van der Waals surface area contributed by atoms with Crippen LogP contribution in [0.25, 0.3) is 0 Å². The van der Waals surface area contributed by atoms with Crippen LogP contribution in [0, 0.1) is 44.1 Å². The van der Waals surface area contributed by atoms with Crippen LogP contribution >= 0.6 is 56.3 Å². The number of benzene rings is 2. The first kappa shape index (κ1) is 40.7. The summed E-state index contributed by atoms with van der Waals surface area (Å²) < 4.78 is 1.40. The molecule has 0 aliphatic heterocycles. The molecule has 0 saturated carbocycles. The van der Waals surface area contributed by atoms with E-state index in [1.54, 1.807) is 36.5 Å². The first-order chi connectivity index (χ1) is 16.8. The maximum absolute atomic E-state index is 10.9. The normalized spacial score (nSPS) is 8.97. The second-order valence-electron chi connectivity index (χ2n) is 6.40. The number of hydrazine groups is 1. The number of hydrogen-bond donors (Lipinski definition) is 8. The topological polar surface area (TPSA) is 247 Å². The van der Waals surface area contributed by atoms with Gasteiger partial charge in [0.05, 0.1) is 17.6 Å². The van der Waals surface area contributed by atoms with Gasteiger partial charge in [0.2, 0.25) is 17.7 Å². The smallest absolute Gasteiger partial charge is 0.248 e. The van der Waals surface area contributed by atoms with Crippen LogP contribution in [0.3, 0.4) is 0 Å². The molecule has 0 heterocycles. The summed E-state index contributed by atoms with van der Waals surface area (Å²) in [5.74, 6) is 3.86. The van der Waals surface area contributed by atoms with Gasteiger partial charge in [-0.3, -0.25) is 19.8 Å². The molecule has 205 valence electrons. The molecular weight excluding hydrogens is 881 g/mol. The molecule has 18 heteroatoms. The number of amides is 3. The van der Waals surface area contributed by atoms with Crippen molar-refractivity contribution in [3.8, 4) is 0 Å². The SMILES string of the molecule is CC(=O)Nc1ccc(/C=N/NC(N)=S)cc1Br.CC(=O)Nc1ccc(C(N)=O)cc1Br.NNC(N)=S.O.[Ac]. The zero-order valence-electron chi connectivity index (χ0n) is 20.2. The molecule has 2 aromatic rings. The zero-order valence-corrected chi connectivity index (χ0v) is 29.7. The van der Waals surface area contributed by atoms with Crippen LogP contribution in [-0.4, -0.2) is 39.6 Å². The van der Waals surface area contributed by atoms with Crippen LogP contribution in [0.1, 0.15) is 29.8 Å². The van der Waals surface area contributed by atoms with E-state index in [0.29, 0.717) is 21.4 Å². The second kappa shape index (κ2) is 22.1. The largest absolute Gasteiger partial charge is 0.412 e. The summed E-state index contributed by atoms with van der Waals surface area (Å²) in [5, 5.41) is 9.33. The molecular formula is C20H27AcBr2N9O4S2. The summed E-state index contributed by atoms with van der Waals surface area (Å²) in [6.07, 6.45) is 1.57. The fraction of sp³-hybridized carbons (Fsp3) is 0.100. The summed E-state index contributed by atoms with van der Waals surface area (Å²) in [6.45, 7) is 2.86. The number of carbonyl (C=O) groups excluding carboxylic acids is 3. The van der Waals surface area contributed by atoms with Gasteiger partial charge in [-0.25, -0.2) is 5.84 Å². The number of rotatable bonds is 5. The number of nitrogens with two attached hydrogens (primary N) is 4. The molecule has 38 heavy (non-hydrogen) atoms. The van der Waals surface area contributed by atoms with Gasteiger partial charge in [0.1, 0.15) is 0 Å². The van der Waals surface area contributed by atoms with Crippen LogP contribution < -0.4 is 44.5 Å². The molecule has 2 rings (SSSR count). The van der Waals surface area contributed by atoms with Gasteiger partial charge in [-0.15, -0.1) is 0 Å². The molecule has 0 aromatic heterocycles. The van der Waals surface area contributed by atoms with E-state index in [2.05, 4.69) is 83.3 Å². The summed E-state index contributed by atoms with van der Waals surface area (Å²) in [4.78, 5) is 32.5. The van der Waals surface area contributed by atoms with E-state index in [4.69, 9.17) is 17.2 Å². The van der Waals surface area contributed by atoms with Crippen LogP contribution in [-0.2, 0) is 9.59 Å². The van der Waals surface area contributed by atoms with Gasteiger partial charge in [-0.2, -0.15) is 5.10 Å². The number of halogens is 2. The maximum atomic E-state index is 10.9. The maximum Gasteiger partial charge on any atom is 0.248 e. The standard InChI is InChI=1S/C10H11BrN4OS.C9H9BrN2O2.CH5N3S.Ac.H2O/c1-6(16)14-9-3-2-7(4-8(9)11)5-13-15-10(12)17;1-5(13)12-8-3-2-6(9(11)14)4-7(8)10;2-1(5)4-3;;/h2-5H,1H3,(H,14,16)(H3,12,15,17);2-4H,1H3,(H2,11,14)(H,12,13);3H2,(H3,2,4,5);;1H2/b13-5+;;;;. The van der Waals surface area contributed by atoms with E-state index in [1.807, 2.05) is 11.5 Å². The van der Waals surface area contributed by atoms with Gasteiger partial charge < -0.3 is 38.7 Å². The number of primary amides is 1. The van der Waals surface area contributed by atoms with Gasteiger partial charge in [0.25, 0.3) is 0 Å².